The van der Waals surface area contributed by atoms with E-state index in [1.165, 1.54) is 18.2 Å². The molecule has 0 unspecified atom stereocenters. The Balaban J connectivity index is 1.44. The van der Waals surface area contributed by atoms with Gasteiger partial charge in [0.2, 0.25) is 0 Å². The number of halogens is 1. The molecule has 0 bridgehead atoms. The van der Waals surface area contributed by atoms with Crippen molar-refractivity contribution < 1.29 is 14.3 Å². The summed E-state index contributed by atoms with van der Waals surface area (Å²) in [7, 11) is 1.54. The van der Waals surface area contributed by atoms with E-state index in [2.05, 4.69) is 17.0 Å². The topological polar surface area (TPSA) is 94.8 Å². The van der Waals surface area contributed by atoms with Crippen LogP contribution in [0, 0.1) is 0 Å². The molecule has 1 saturated carbocycles. The first kappa shape index (κ1) is 29.1. The summed E-state index contributed by atoms with van der Waals surface area (Å²) in [5.41, 5.74) is 2.58. The highest BCUT2D eigenvalue weighted by Crippen LogP contribution is 2.34. The first-order valence-corrected chi connectivity index (χ1v) is 14.4. The van der Waals surface area contributed by atoms with E-state index in [4.69, 9.17) is 26.1 Å². The van der Waals surface area contributed by atoms with Crippen LogP contribution in [-0.4, -0.2) is 35.5 Å². The van der Waals surface area contributed by atoms with Gasteiger partial charge < -0.3 is 14.8 Å². The minimum atomic E-state index is -0.326. The second kappa shape index (κ2) is 13.5. The lowest BCUT2D eigenvalue weighted by Gasteiger charge is -2.22. The smallest absolute Gasteiger partial charge is 0.282 e. The van der Waals surface area contributed by atoms with Gasteiger partial charge in [-0.3, -0.25) is 9.59 Å². The molecular formula is C33H33ClN4O4. The SMILES string of the molecule is C=CCc1cc(C=Nn2c(C3CCCCC3)nc3ccccc3c2=O)cc(OC)c1OCC(=O)Nc1ccc(Cl)cc1. The van der Waals surface area contributed by atoms with E-state index in [0.29, 0.717) is 50.9 Å². The minimum absolute atomic E-state index is 0.175. The molecule has 0 spiro atoms. The zero-order chi connectivity index (χ0) is 29.5. The van der Waals surface area contributed by atoms with Crippen molar-refractivity contribution in [1.29, 1.82) is 0 Å². The third kappa shape index (κ3) is 6.71. The average Bonchev–Trinajstić information content (AvgIpc) is 3.01. The monoisotopic (exact) mass is 584 g/mol. The molecule has 1 heterocycles. The van der Waals surface area contributed by atoms with E-state index in [-0.39, 0.29) is 24.0 Å². The number of amides is 1. The molecule has 0 aliphatic heterocycles. The van der Waals surface area contributed by atoms with Crippen molar-refractivity contribution in [2.45, 2.75) is 44.4 Å². The number of hydrogen-bond donors (Lipinski definition) is 1. The van der Waals surface area contributed by atoms with Crippen molar-refractivity contribution in [3.8, 4) is 11.5 Å². The lowest BCUT2D eigenvalue weighted by atomic mass is 9.88. The Morgan fingerprint density at radius 1 is 1.14 bits per heavy atom. The summed E-state index contributed by atoms with van der Waals surface area (Å²) in [6.45, 7) is 3.64. The number of benzene rings is 3. The average molecular weight is 585 g/mol. The largest absolute Gasteiger partial charge is 0.493 e. The van der Waals surface area contributed by atoms with Gasteiger partial charge in [0.05, 0.1) is 24.2 Å². The van der Waals surface area contributed by atoms with Crippen LogP contribution in [0.3, 0.4) is 0 Å². The molecule has 0 saturated heterocycles. The lowest BCUT2D eigenvalue weighted by Crippen LogP contribution is -2.25. The van der Waals surface area contributed by atoms with Crippen molar-refractivity contribution in [3.05, 3.63) is 106 Å². The van der Waals surface area contributed by atoms with E-state index < -0.39 is 0 Å². The number of carbonyl (C=O) groups excluding carboxylic acids is 1. The zero-order valence-corrected chi connectivity index (χ0v) is 24.3. The summed E-state index contributed by atoms with van der Waals surface area (Å²) >= 11 is 5.93. The molecule has 0 radical (unpaired) electrons. The third-order valence-electron chi connectivity index (χ3n) is 7.29. The number of rotatable bonds is 10. The predicted octanol–water partition coefficient (Wildman–Crippen LogP) is 6.73. The molecule has 1 N–H and O–H groups in total. The molecule has 4 aromatic rings. The third-order valence-corrected chi connectivity index (χ3v) is 7.54. The highest BCUT2D eigenvalue weighted by Gasteiger charge is 2.22. The normalized spacial score (nSPS) is 13.8. The fraction of sp³-hybridized carbons (Fsp3) is 0.273. The van der Waals surface area contributed by atoms with Crippen LogP contribution in [0.5, 0.6) is 11.5 Å². The molecular weight excluding hydrogens is 552 g/mol. The summed E-state index contributed by atoms with van der Waals surface area (Å²) in [6, 6.07) is 17.9. The molecule has 1 aliphatic rings. The maximum Gasteiger partial charge on any atom is 0.282 e. The molecule has 1 amide bonds. The number of anilines is 1. The standard InChI is InChI=1S/C33H33ClN4O4/c1-3-9-24-18-22(19-29(41-2)31(24)42-21-30(39)36-26-16-14-25(34)15-17-26)20-35-38-32(23-10-5-4-6-11-23)37-28-13-8-7-12-27(28)33(38)40/h3,7-8,12-20,23H,1,4-6,9-11,21H2,2H3,(H,36,39). The van der Waals surface area contributed by atoms with Gasteiger partial charge in [-0.15, -0.1) is 6.58 Å². The predicted molar refractivity (Wildman–Crippen MR) is 167 cm³/mol. The molecule has 216 valence electrons. The Kier molecular flexibility index (Phi) is 9.34. The molecule has 1 aliphatic carbocycles. The van der Waals surface area contributed by atoms with E-state index in [9.17, 15) is 9.59 Å². The van der Waals surface area contributed by atoms with E-state index in [0.717, 1.165) is 31.2 Å². The highest BCUT2D eigenvalue weighted by atomic mass is 35.5. The summed E-state index contributed by atoms with van der Waals surface area (Å²) < 4.78 is 13.0. The van der Waals surface area contributed by atoms with Crippen LogP contribution in [0.15, 0.2) is 83.2 Å². The number of allylic oxidation sites excluding steroid dienone is 1. The first-order valence-electron chi connectivity index (χ1n) is 14.0. The van der Waals surface area contributed by atoms with E-state index in [1.807, 2.05) is 24.3 Å². The molecule has 42 heavy (non-hydrogen) atoms. The van der Waals surface area contributed by atoms with Gasteiger partial charge in [0.25, 0.3) is 11.5 Å². The van der Waals surface area contributed by atoms with Crippen molar-refractivity contribution in [2.24, 2.45) is 5.10 Å². The molecule has 1 aromatic heterocycles. The Hall–Kier alpha value is -4.43. The number of fused-ring (bicyclic) bond motifs is 1. The number of hydrogen-bond acceptors (Lipinski definition) is 6. The number of ether oxygens (including phenoxy) is 2. The Morgan fingerprint density at radius 3 is 2.64 bits per heavy atom. The van der Waals surface area contributed by atoms with Crippen LogP contribution < -0.4 is 20.3 Å². The number of para-hydroxylation sites is 1. The molecule has 9 heteroatoms. The Bertz CT molecular complexity index is 1670. The van der Waals surface area contributed by atoms with Crippen LogP contribution in [0.2, 0.25) is 5.02 Å². The van der Waals surface area contributed by atoms with Gasteiger partial charge in [-0.2, -0.15) is 9.78 Å². The number of nitrogens with zero attached hydrogens (tertiary/aromatic N) is 3. The van der Waals surface area contributed by atoms with E-state index >= 15 is 0 Å². The fourth-order valence-corrected chi connectivity index (χ4v) is 5.38. The maximum absolute atomic E-state index is 13.6. The first-order chi connectivity index (χ1) is 20.5. The quantitative estimate of drug-likeness (QED) is 0.165. The Labute approximate surface area is 249 Å². The highest BCUT2D eigenvalue weighted by molar-refractivity contribution is 6.30. The van der Waals surface area contributed by atoms with Crippen LogP contribution in [0.4, 0.5) is 5.69 Å². The van der Waals surface area contributed by atoms with E-state index in [1.54, 1.807) is 48.7 Å². The van der Waals surface area contributed by atoms with Crippen LogP contribution in [0.1, 0.15) is 55.0 Å². The van der Waals surface area contributed by atoms with Crippen LogP contribution in [0.25, 0.3) is 10.9 Å². The van der Waals surface area contributed by atoms with Crippen molar-refractivity contribution in [1.82, 2.24) is 9.66 Å². The van der Waals surface area contributed by atoms with Gasteiger partial charge in [-0.05, 0) is 73.4 Å². The molecule has 1 fully saturated rings. The number of methoxy groups -OCH3 is 1. The van der Waals surface area contributed by atoms with Crippen molar-refractivity contribution in [3.63, 3.8) is 0 Å². The zero-order valence-electron chi connectivity index (χ0n) is 23.5. The second-order valence-electron chi connectivity index (χ2n) is 10.2. The van der Waals surface area contributed by atoms with Gasteiger partial charge >= 0.3 is 0 Å². The van der Waals surface area contributed by atoms with Gasteiger partial charge in [0.15, 0.2) is 18.1 Å². The summed E-state index contributed by atoms with van der Waals surface area (Å²) in [6.07, 6.45) is 9.23. The molecule has 3 aromatic carbocycles. The number of nitrogens with one attached hydrogen (secondary N) is 1. The van der Waals surface area contributed by atoms with Crippen LogP contribution in [-0.2, 0) is 11.2 Å². The maximum atomic E-state index is 13.6. The summed E-state index contributed by atoms with van der Waals surface area (Å²) in [4.78, 5) is 31.0. The summed E-state index contributed by atoms with van der Waals surface area (Å²) in [5, 5.41) is 8.55. The second-order valence-corrected chi connectivity index (χ2v) is 10.7. The lowest BCUT2D eigenvalue weighted by molar-refractivity contribution is -0.118. The van der Waals surface area contributed by atoms with Gasteiger partial charge in [0, 0.05) is 22.2 Å². The summed E-state index contributed by atoms with van der Waals surface area (Å²) in [5.74, 6) is 1.42. The van der Waals surface area contributed by atoms with Gasteiger partial charge in [0.1, 0.15) is 5.82 Å². The Morgan fingerprint density at radius 2 is 1.90 bits per heavy atom. The fourth-order valence-electron chi connectivity index (χ4n) is 5.25. The number of carbonyl (C=O) groups is 1. The number of aromatic nitrogens is 2. The molecule has 5 rings (SSSR count). The van der Waals surface area contributed by atoms with Gasteiger partial charge in [-0.1, -0.05) is 49.1 Å². The van der Waals surface area contributed by atoms with Crippen molar-refractivity contribution in [2.75, 3.05) is 19.0 Å². The van der Waals surface area contributed by atoms with Crippen molar-refractivity contribution >= 4 is 40.3 Å². The minimum Gasteiger partial charge on any atom is -0.493 e. The molecule has 8 nitrogen and oxygen atoms in total. The van der Waals surface area contributed by atoms with Gasteiger partial charge in [-0.25, -0.2) is 4.98 Å². The van der Waals surface area contributed by atoms with Crippen LogP contribution >= 0.6 is 11.6 Å². The molecule has 0 atom stereocenters.